The summed E-state index contributed by atoms with van der Waals surface area (Å²) in [5, 5.41) is 12.4. The largest absolute Gasteiger partial charge is 0.449 e. The maximum atomic E-state index is 13.8. The molecular formula is C36H45N5O10. The first-order valence-corrected chi connectivity index (χ1v) is 16.2. The molecule has 2 atom stereocenters. The monoisotopic (exact) mass is 707 g/mol. The molecule has 2 aromatic carbocycles. The van der Waals surface area contributed by atoms with Crippen molar-refractivity contribution in [2.24, 2.45) is 0 Å². The fourth-order valence-corrected chi connectivity index (χ4v) is 4.81. The third-order valence-electron chi connectivity index (χ3n) is 7.07. The van der Waals surface area contributed by atoms with E-state index in [0.29, 0.717) is 16.2 Å². The molecule has 1 fully saturated rings. The first kappa shape index (κ1) is 39.9. The summed E-state index contributed by atoms with van der Waals surface area (Å²) in [6, 6.07) is 13.0. The Morgan fingerprint density at radius 2 is 1.63 bits per heavy atom. The predicted molar refractivity (Wildman–Crippen MR) is 184 cm³/mol. The van der Waals surface area contributed by atoms with Crippen LogP contribution in [-0.4, -0.2) is 96.3 Å². The summed E-state index contributed by atoms with van der Waals surface area (Å²) in [4.78, 5) is 81.6. The van der Waals surface area contributed by atoms with Crippen molar-refractivity contribution in [1.82, 2.24) is 9.80 Å². The number of nitrogens with one attached hydrogen (secondary N) is 1. The minimum absolute atomic E-state index is 0.00842. The van der Waals surface area contributed by atoms with E-state index < -0.39 is 59.9 Å². The second-order valence-electron chi connectivity index (χ2n) is 14.0. The zero-order valence-electron chi connectivity index (χ0n) is 30.4. The molecular weight excluding hydrogens is 662 g/mol. The number of benzene rings is 2. The lowest BCUT2D eigenvalue weighted by atomic mass is 10.1. The highest BCUT2D eigenvalue weighted by Gasteiger charge is 2.43. The van der Waals surface area contributed by atoms with E-state index in [1.807, 2.05) is 6.07 Å². The molecule has 1 N–H and O–H groups in total. The van der Waals surface area contributed by atoms with E-state index in [1.165, 1.54) is 28.0 Å². The fourth-order valence-electron chi connectivity index (χ4n) is 4.81. The van der Waals surface area contributed by atoms with Crippen molar-refractivity contribution >= 4 is 47.3 Å². The van der Waals surface area contributed by atoms with Gasteiger partial charge in [0.25, 0.3) is 11.8 Å². The van der Waals surface area contributed by atoms with E-state index in [1.54, 1.807) is 79.9 Å². The van der Waals surface area contributed by atoms with Crippen LogP contribution in [0.4, 0.5) is 21.0 Å². The Kier molecular flexibility index (Phi) is 12.9. The number of imide groups is 1. The normalized spacial score (nSPS) is 15.2. The highest BCUT2D eigenvalue weighted by atomic mass is 16.6. The summed E-state index contributed by atoms with van der Waals surface area (Å²) in [6.07, 6.45) is -5.17. The lowest BCUT2D eigenvalue weighted by Gasteiger charge is -2.35. The van der Waals surface area contributed by atoms with E-state index in [0.717, 1.165) is 6.92 Å². The molecule has 0 bridgehead atoms. The van der Waals surface area contributed by atoms with E-state index >= 15 is 0 Å². The quantitative estimate of drug-likeness (QED) is 0.292. The smallest absolute Gasteiger partial charge is 0.420 e. The van der Waals surface area contributed by atoms with Crippen molar-refractivity contribution in [3.05, 3.63) is 59.2 Å². The van der Waals surface area contributed by atoms with E-state index in [4.69, 9.17) is 18.9 Å². The predicted octanol–water partition coefficient (Wildman–Crippen LogP) is 4.16. The van der Waals surface area contributed by atoms with Crippen LogP contribution >= 0.6 is 0 Å². The number of amides is 5. The minimum atomic E-state index is -1.73. The first-order chi connectivity index (χ1) is 23.7. The average molecular weight is 708 g/mol. The topological polar surface area (TPSA) is 185 Å². The van der Waals surface area contributed by atoms with Gasteiger partial charge in [-0.2, -0.15) is 5.26 Å². The van der Waals surface area contributed by atoms with Crippen LogP contribution in [0, 0.1) is 11.3 Å². The second-order valence-corrected chi connectivity index (χ2v) is 14.0. The maximum Gasteiger partial charge on any atom is 0.420 e. The summed E-state index contributed by atoms with van der Waals surface area (Å²) < 4.78 is 21.8. The van der Waals surface area contributed by atoms with Crippen molar-refractivity contribution in [3.63, 3.8) is 0 Å². The molecule has 274 valence electrons. The molecule has 1 aliphatic rings. The Morgan fingerprint density at radius 1 is 1.00 bits per heavy atom. The Bertz CT molecular complexity index is 1670. The van der Waals surface area contributed by atoms with Crippen LogP contribution in [0.3, 0.4) is 0 Å². The summed E-state index contributed by atoms with van der Waals surface area (Å²) in [5.41, 5.74) is -0.450. The molecule has 15 nitrogen and oxygen atoms in total. The molecule has 2 unspecified atom stereocenters. The summed E-state index contributed by atoms with van der Waals surface area (Å²) in [6.45, 7) is 10.5. The molecule has 3 rings (SSSR count). The molecule has 2 aromatic rings. The van der Waals surface area contributed by atoms with Crippen LogP contribution in [0.5, 0.6) is 0 Å². The number of carbonyl (C=O) groups excluding carboxylic acids is 6. The molecule has 0 aliphatic carbocycles. The minimum Gasteiger partial charge on any atom is -0.449 e. The van der Waals surface area contributed by atoms with Gasteiger partial charge in [-0.3, -0.25) is 19.2 Å². The lowest BCUT2D eigenvalue weighted by molar-refractivity contribution is -0.167. The number of anilines is 2. The van der Waals surface area contributed by atoms with E-state index in [-0.39, 0.29) is 42.3 Å². The molecule has 1 aliphatic heterocycles. The molecule has 0 aromatic heterocycles. The van der Waals surface area contributed by atoms with Gasteiger partial charge in [-0.05, 0) is 83.0 Å². The van der Waals surface area contributed by atoms with Crippen molar-refractivity contribution in [1.29, 1.82) is 5.26 Å². The SMILES string of the molecule is CC(=O)OC(C(=O)Nc1ccc(C#N)c(CN(C(=O)OC(C)(C)C)C(=O)OC(C)(C)C)c1)C1OCCN(c2cccc(CC(=O)N(C)C)c2)C1=O. The van der Waals surface area contributed by atoms with Gasteiger partial charge >= 0.3 is 18.2 Å². The van der Waals surface area contributed by atoms with Gasteiger partial charge in [-0.25, -0.2) is 14.5 Å². The number of esters is 1. The molecule has 0 spiro atoms. The molecule has 15 heteroatoms. The summed E-state index contributed by atoms with van der Waals surface area (Å²) >= 11 is 0. The Labute approximate surface area is 297 Å². The fraction of sp³-hybridized carbons (Fsp3) is 0.472. The number of likely N-dealkylation sites (N-methyl/N-ethyl adjacent to an activating group) is 1. The molecule has 1 heterocycles. The number of carbonyl (C=O) groups is 6. The van der Waals surface area contributed by atoms with Crippen LogP contribution in [0.2, 0.25) is 0 Å². The van der Waals surface area contributed by atoms with Crippen LogP contribution in [0.25, 0.3) is 0 Å². The van der Waals surface area contributed by atoms with Crippen LogP contribution in [-0.2, 0) is 51.1 Å². The Balaban J connectivity index is 1.90. The first-order valence-electron chi connectivity index (χ1n) is 16.2. The van der Waals surface area contributed by atoms with Gasteiger partial charge in [0, 0.05) is 38.9 Å². The zero-order chi connectivity index (χ0) is 38.3. The maximum absolute atomic E-state index is 13.8. The number of hydrogen-bond donors (Lipinski definition) is 1. The third kappa shape index (κ3) is 11.5. The number of ether oxygens (including phenoxy) is 4. The molecule has 0 radical (unpaired) electrons. The van der Waals surface area contributed by atoms with Crippen molar-refractivity contribution in [2.45, 2.75) is 84.8 Å². The van der Waals surface area contributed by atoms with Crippen molar-refractivity contribution in [2.75, 3.05) is 37.5 Å². The van der Waals surface area contributed by atoms with Crippen molar-refractivity contribution in [3.8, 4) is 6.07 Å². The number of nitriles is 1. The lowest BCUT2D eigenvalue weighted by Crippen LogP contribution is -2.56. The van der Waals surface area contributed by atoms with E-state index in [9.17, 15) is 34.0 Å². The molecule has 51 heavy (non-hydrogen) atoms. The van der Waals surface area contributed by atoms with Crippen LogP contribution in [0.1, 0.15) is 65.2 Å². The van der Waals surface area contributed by atoms with Gasteiger partial charge in [0.15, 0.2) is 6.10 Å². The number of rotatable bonds is 9. The van der Waals surface area contributed by atoms with Crippen molar-refractivity contribution < 1.29 is 47.7 Å². The number of morpholine rings is 1. The molecule has 0 saturated carbocycles. The van der Waals surface area contributed by atoms with Gasteiger partial charge in [-0.1, -0.05) is 12.1 Å². The van der Waals surface area contributed by atoms with E-state index in [2.05, 4.69) is 5.32 Å². The third-order valence-corrected chi connectivity index (χ3v) is 7.07. The molecule has 5 amide bonds. The van der Waals surface area contributed by atoms with Gasteiger partial charge < -0.3 is 34.1 Å². The summed E-state index contributed by atoms with van der Waals surface area (Å²) in [5.74, 6) is -2.54. The van der Waals surface area contributed by atoms with Gasteiger partial charge in [0.2, 0.25) is 12.0 Å². The standard InChI is InChI=1S/C36H45N5O10/c1-22(42)49-29(30-32(45)40(15-16-48-30)27-12-10-11-23(17-27)18-28(43)39(8)9)31(44)38-26-14-13-24(20-37)25(19-26)21-41(33(46)50-35(2,3)4)34(47)51-36(5,6)7/h10-14,17,19,29-30H,15-16,18,21H2,1-9H3,(H,38,44). The number of hydrogen-bond acceptors (Lipinski definition) is 11. The van der Waals surface area contributed by atoms with Gasteiger partial charge in [0.1, 0.15) is 11.2 Å². The molecule has 1 saturated heterocycles. The zero-order valence-corrected chi connectivity index (χ0v) is 30.4. The van der Waals surface area contributed by atoms with Gasteiger partial charge in [-0.15, -0.1) is 0 Å². The highest BCUT2D eigenvalue weighted by molar-refractivity contribution is 6.04. The Morgan fingerprint density at radius 3 is 2.18 bits per heavy atom. The second kappa shape index (κ2) is 16.5. The average Bonchev–Trinajstić information content (AvgIpc) is 3.01. The van der Waals surface area contributed by atoms with Crippen LogP contribution in [0.15, 0.2) is 42.5 Å². The highest BCUT2D eigenvalue weighted by Crippen LogP contribution is 2.25. The number of nitrogens with zero attached hydrogens (tertiary/aromatic N) is 4. The van der Waals surface area contributed by atoms with Gasteiger partial charge in [0.05, 0.1) is 31.2 Å². The summed E-state index contributed by atoms with van der Waals surface area (Å²) in [7, 11) is 3.29. The van der Waals surface area contributed by atoms with Crippen LogP contribution < -0.4 is 10.2 Å². The Hall–Kier alpha value is -5.49.